The monoisotopic (exact) mass is 421 g/mol. The number of methoxy groups -OCH3 is 2. The predicted molar refractivity (Wildman–Crippen MR) is 118 cm³/mol. The molecule has 0 saturated carbocycles. The summed E-state index contributed by atoms with van der Waals surface area (Å²) in [6.45, 7) is 1.46. The summed E-state index contributed by atoms with van der Waals surface area (Å²) in [7, 11) is 3.00. The summed E-state index contributed by atoms with van der Waals surface area (Å²) in [6, 6.07) is 13.3. The highest BCUT2D eigenvalue weighted by Crippen LogP contribution is 2.32. The molecule has 2 heterocycles. The van der Waals surface area contributed by atoms with Gasteiger partial charge < -0.3 is 14.5 Å². The number of aromatic nitrogens is 2. The first-order valence-corrected chi connectivity index (χ1v) is 10.6. The lowest BCUT2D eigenvalue weighted by Gasteiger charge is -2.30. The van der Waals surface area contributed by atoms with Crippen molar-refractivity contribution < 1.29 is 14.3 Å². The molecule has 1 aliphatic rings. The highest BCUT2D eigenvalue weighted by atomic mass is 16.5. The fourth-order valence-electron chi connectivity index (χ4n) is 4.26. The highest BCUT2D eigenvalue weighted by Gasteiger charge is 2.24. The second-order valence-corrected chi connectivity index (χ2v) is 7.84. The van der Waals surface area contributed by atoms with Crippen LogP contribution in [0.5, 0.6) is 5.75 Å². The van der Waals surface area contributed by atoms with E-state index in [0.29, 0.717) is 28.8 Å². The van der Waals surface area contributed by atoms with E-state index in [-0.39, 0.29) is 11.6 Å². The molecule has 162 valence electrons. The van der Waals surface area contributed by atoms with Crippen LogP contribution >= 0.6 is 0 Å². The molecule has 0 spiro atoms. The summed E-state index contributed by atoms with van der Waals surface area (Å²) in [5.41, 5.74) is 1.91. The molecule has 1 aromatic heterocycles. The number of ether oxygens (including phenoxy) is 2. The maximum Gasteiger partial charge on any atom is 0.337 e. The standard InChI is InChI=1S/C24H27N3O4/c1-30-18-10-7-16(8-11-18)21-6-4-3-5-13-27(21)15-22-25-20-14-17(24(29)31-2)9-12-19(20)23(28)26-22/h7-12,14,21H,3-6,13,15H2,1-2H3,(H,25,26,28). The Balaban J connectivity index is 1.65. The van der Waals surface area contributed by atoms with E-state index < -0.39 is 5.97 Å². The van der Waals surface area contributed by atoms with Crippen LogP contribution in [0.15, 0.2) is 47.3 Å². The summed E-state index contributed by atoms with van der Waals surface area (Å²) in [5.74, 6) is 0.989. The molecule has 1 unspecified atom stereocenters. The van der Waals surface area contributed by atoms with Gasteiger partial charge in [-0.15, -0.1) is 0 Å². The van der Waals surface area contributed by atoms with E-state index in [2.05, 4.69) is 27.0 Å². The molecule has 1 saturated heterocycles. The average molecular weight is 421 g/mol. The van der Waals surface area contributed by atoms with Gasteiger partial charge in [0.25, 0.3) is 5.56 Å². The van der Waals surface area contributed by atoms with Crippen molar-refractivity contribution >= 4 is 16.9 Å². The van der Waals surface area contributed by atoms with E-state index in [1.54, 1.807) is 25.3 Å². The average Bonchev–Trinajstić information content (AvgIpc) is 3.03. The summed E-state index contributed by atoms with van der Waals surface area (Å²) in [5, 5.41) is 0.457. The number of aromatic amines is 1. The van der Waals surface area contributed by atoms with Crippen molar-refractivity contribution in [3.8, 4) is 5.75 Å². The topological polar surface area (TPSA) is 84.5 Å². The number of nitrogens with one attached hydrogen (secondary N) is 1. The third-order valence-corrected chi connectivity index (χ3v) is 5.89. The van der Waals surface area contributed by atoms with Crippen molar-refractivity contribution in [3.05, 3.63) is 69.8 Å². The van der Waals surface area contributed by atoms with Gasteiger partial charge in [-0.2, -0.15) is 0 Å². The van der Waals surface area contributed by atoms with E-state index in [4.69, 9.17) is 9.47 Å². The van der Waals surface area contributed by atoms with Crippen LogP contribution in [0.3, 0.4) is 0 Å². The van der Waals surface area contributed by atoms with Crippen molar-refractivity contribution in [1.29, 1.82) is 0 Å². The first kappa shape index (κ1) is 21.1. The molecule has 2 aromatic carbocycles. The van der Waals surface area contributed by atoms with E-state index >= 15 is 0 Å². The number of hydrogen-bond acceptors (Lipinski definition) is 6. The van der Waals surface area contributed by atoms with Crippen molar-refractivity contribution in [3.63, 3.8) is 0 Å². The van der Waals surface area contributed by atoms with Crippen LogP contribution in [0.4, 0.5) is 0 Å². The minimum absolute atomic E-state index is 0.202. The molecule has 1 N–H and O–H groups in total. The maximum absolute atomic E-state index is 12.6. The van der Waals surface area contributed by atoms with Crippen LogP contribution in [-0.2, 0) is 11.3 Å². The van der Waals surface area contributed by atoms with Gasteiger partial charge in [0.05, 0.1) is 37.2 Å². The van der Waals surface area contributed by atoms with E-state index in [0.717, 1.165) is 31.6 Å². The Kier molecular flexibility index (Phi) is 6.32. The van der Waals surface area contributed by atoms with Crippen molar-refractivity contribution in [2.45, 2.75) is 38.3 Å². The third kappa shape index (κ3) is 4.61. The number of rotatable bonds is 5. The number of carbonyl (C=O) groups excluding carboxylic acids is 1. The minimum atomic E-state index is -0.447. The van der Waals surface area contributed by atoms with Crippen LogP contribution < -0.4 is 10.3 Å². The maximum atomic E-state index is 12.6. The third-order valence-electron chi connectivity index (χ3n) is 5.89. The number of H-pyrrole nitrogens is 1. The highest BCUT2D eigenvalue weighted by molar-refractivity contribution is 5.93. The second kappa shape index (κ2) is 9.31. The number of nitrogens with zero attached hydrogens (tertiary/aromatic N) is 2. The summed E-state index contributed by atoms with van der Waals surface area (Å²) in [4.78, 5) is 34.5. The molecule has 31 heavy (non-hydrogen) atoms. The number of carbonyl (C=O) groups is 1. The van der Waals surface area contributed by atoms with Crippen LogP contribution in [0.2, 0.25) is 0 Å². The summed E-state index contributed by atoms with van der Waals surface area (Å²) < 4.78 is 10.1. The Labute approximate surface area is 181 Å². The second-order valence-electron chi connectivity index (χ2n) is 7.84. The predicted octanol–water partition coefficient (Wildman–Crippen LogP) is 3.84. The van der Waals surface area contributed by atoms with Gasteiger partial charge in [0.1, 0.15) is 11.6 Å². The molecule has 1 fully saturated rings. The fraction of sp³-hybridized carbons (Fsp3) is 0.375. The zero-order valence-electron chi connectivity index (χ0n) is 17.9. The number of hydrogen-bond donors (Lipinski definition) is 1. The van der Waals surface area contributed by atoms with E-state index in [1.165, 1.54) is 19.1 Å². The molecular weight excluding hydrogens is 394 g/mol. The Hall–Kier alpha value is -3.19. The first-order chi connectivity index (χ1) is 15.1. The quantitative estimate of drug-likeness (QED) is 0.630. The molecule has 0 amide bonds. The van der Waals surface area contributed by atoms with E-state index in [9.17, 15) is 9.59 Å². The van der Waals surface area contributed by atoms with Crippen molar-refractivity contribution in [1.82, 2.24) is 14.9 Å². The zero-order valence-corrected chi connectivity index (χ0v) is 17.9. The lowest BCUT2D eigenvalue weighted by molar-refractivity contribution is 0.0601. The van der Waals surface area contributed by atoms with Crippen molar-refractivity contribution in [2.24, 2.45) is 0 Å². The van der Waals surface area contributed by atoms with Gasteiger partial charge in [-0.1, -0.05) is 25.0 Å². The van der Waals surface area contributed by atoms with Gasteiger partial charge in [-0.25, -0.2) is 9.78 Å². The molecular formula is C24H27N3O4. The molecule has 0 aliphatic carbocycles. The van der Waals surface area contributed by atoms with Gasteiger partial charge in [-0.3, -0.25) is 9.69 Å². The Morgan fingerprint density at radius 2 is 1.94 bits per heavy atom. The van der Waals surface area contributed by atoms with Gasteiger partial charge in [0, 0.05) is 6.04 Å². The molecule has 1 atom stereocenters. The Bertz CT molecular complexity index is 1120. The number of likely N-dealkylation sites (tertiary alicyclic amines) is 1. The number of fused-ring (bicyclic) bond motifs is 1. The van der Waals surface area contributed by atoms with Crippen LogP contribution in [0.25, 0.3) is 10.9 Å². The van der Waals surface area contributed by atoms with Crippen LogP contribution in [0.1, 0.15) is 53.5 Å². The number of esters is 1. The van der Waals surface area contributed by atoms with Crippen molar-refractivity contribution in [2.75, 3.05) is 20.8 Å². The summed E-state index contributed by atoms with van der Waals surface area (Å²) in [6.07, 6.45) is 4.51. The fourth-order valence-corrected chi connectivity index (χ4v) is 4.26. The molecule has 7 nitrogen and oxygen atoms in total. The van der Waals surface area contributed by atoms with Crippen LogP contribution in [0, 0.1) is 0 Å². The zero-order chi connectivity index (χ0) is 21.8. The molecule has 7 heteroatoms. The first-order valence-electron chi connectivity index (χ1n) is 10.6. The molecule has 1 aliphatic heterocycles. The lowest BCUT2D eigenvalue weighted by atomic mass is 10.0. The molecule has 0 radical (unpaired) electrons. The molecule has 0 bridgehead atoms. The Morgan fingerprint density at radius 1 is 1.13 bits per heavy atom. The smallest absolute Gasteiger partial charge is 0.337 e. The molecule has 4 rings (SSSR count). The number of benzene rings is 2. The van der Waals surface area contributed by atoms with Gasteiger partial charge in [0.2, 0.25) is 0 Å². The van der Waals surface area contributed by atoms with E-state index in [1.807, 2.05) is 12.1 Å². The lowest BCUT2D eigenvalue weighted by Crippen LogP contribution is -2.30. The largest absolute Gasteiger partial charge is 0.497 e. The van der Waals surface area contributed by atoms with Gasteiger partial charge in [-0.05, 0) is 55.3 Å². The SMILES string of the molecule is COC(=O)c1ccc2c(=O)[nH]c(CN3CCCCCC3c3ccc(OC)cc3)nc2c1. The minimum Gasteiger partial charge on any atom is -0.497 e. The Morgan fingerprint density at radius 3 is 2.68 bits per heavy atom. The van der Waals surface area contributed by atoms with Gasteiger partial charge in [0.15, 0.2) is 0 Å². The molecule has 3 aromatic rings. The normalized spacial score (nSPS) is 17.3. The van der Waals surface area contributed by atoms with Crippen LogP contribution in [-0.4, -0.2) is 41.6 Å². The van der Waals surface area contributed by atoms with Gasteiger partial charge >= 0.3 is 5.97 Å². The summed E-state index contributed by atoms with van der Waals surface area (Å²) >= 11 is 0.